The molecular weight excluding hydrogens is 641 g/mol. The van der Waals surface area contributed by atoms with Crippen LogP contribution in [-0.4, -0.2) is 65.0 Å². The minimum atomic E-state index is -4.17. The van der Waals surface area contributed by atoms with E-state index in [1.165, 1.54) is 12.1 Å². The number of carbonyl (C=O) groups excluding carboxylic acids is 1. The highest BCUT2D eigenvalue weighted by molar-refractivity contribution is 7.92. The van der Waals surface area contributed by atoms with Crippen molar-refractivity contribution in [1.82, 2.24) is 24.8 Å². The summed E-state index contributed by atoms with van der Waals surface area (Å²) in [6, 6.07) is 13.2. The van der Waals surface area contributed by atoms with Crippen LogP contribution in [0.1, 0.15) is 78.8 Å². The highest BCUT2D eigenvalue weighted by Gasteiger charge is 2.50. The number of anilines is 1. The van der Waals surface area contributed by atoms with Crippen LogP contribution in [0.25, 0.3) is 11.3 Å². The first-order chi connectivity index (χ1) is 23.3. The Hall–Kier alpha value is -4.42. The minimum absolute atomic E-state index is 0.0794. The Balaban J connectivity index is 1.27. The van der Waals surface area contributed by atoms with Crippen LogP contribution in [-0.2, 0) is 21.3 Å². The Morgan fingerprint density at radius 1 is 0.980 bits per heavy atom. The molecule has 1 atom stereocenters. The molecule has 49 heavy (non-hydrogen) atoms. The van der Waals surface area contributed by atoms with E-state index in [1.54, 1.807) is 23.1 Å². The van der Waals surface area contributed by atoms with E-state index in [1.807, 2.05) is 44.4 Å². The number of amides is 1. The SMILES string of the molecule is Cc1cccc(C)c1-c1cc2nc(n1)NS(=O)(=O)c1cccc(c1)C(=O)N(Cc1ncc(C3CC4(COC4)C3)cn1)[C@H](CC(C)(C)C)CO2. The van der Waals surface area contributed by atoms with Crippen molar-refractivity contribution >= 4 is 21.9 Å². The minimum Gasteiger partial charge on any atom is -0.475 e. The summed E-state index contributed by atoms with van der Waals surface area (Å²) in [6.45, 7) is 12.2. The van der Waals surface area contributed by atoms with Crippen LogP contribution in [0, 0.1) is 24.7 Å². The molecule has 1 saturated heterocycles. The molecule has 1 saturated carbocycles. The molecule has 4 aromatic rings. The predicted octanol–water partition coefficient (Wildman–Crippen LogP) is 6.08. The molecule has 11 nitrogen and oxygen atoms in total. The number of hydrogen-bond acceptors (Lipinski definition) is 9. The Morgan fingerprint density at radius 3 is 2.33 bits per heavy atom. The number of rotatable bonds is 5. The molecule has 1 amide bonds. The molecule has 3 aliphatic rings. The maximum atomic E-state index is 14.4. The lowest BCUT2D eigenvalue weighted by molar-refractivity contribution is -0.164. The van der Waals surface area contributed by atoms with Gasteiger partial charge in [-0.1, -0.05) is 45.0 Å². The van der Waals surface area contributed by atoms with Crippen molar-refractivity contribution in [2.45, 2.75) is 77.3 Å². The van der Waals surface area contributed by atoms with E-state index >= 15 is 0 Å². The fourth-order valence-corrected chi connectivity index (χ4v) is 8.19. The van der Waals surface area contributed by atoms with Gasteiger partial charge in [-0.25, -0.2) is 28.1 Å². The van der Waals surface area contributed by atoms with E-state index in [0.717, 1.165) is 48.3 Å². The van der Waals surface area contributed by atoms with E-state index in [0.29, 0.717) is 29.3 Å². The van der Waals surface area contributed by atoms with Gasteiger partial charge in [0.2, 0.25) is 11.8 Å². The zero-order valence-corrected chi connectivity index (χ0v) is 29.4. The van der Waals surface area contributed by atoms with Crippen LogP contribution in [0.15, 0.2) is 65.8 Å². The predicted molar refractivity (Wildman–Crippen MR) is 185 cm³/mol. The molecule has 2 fully saturated rings. The van der Waals surface area contributed by atoms with Gasteiger partial charge in [0.1, 0.15) is 12.4 Å². The van der Waals surface area contributed by atoms with Gasteiger partial charge < -0.3 is 14.4 Å². The van der Waals surface area contributed by atoms with Gasteiger partial charge in [0, 0.05) is 35.0 Å². The molecule has 0 radical (unpaired) electrons. The van der Waals surface area contributed by atoms with E-state index in [2.05, 4.69) is 35.5 Å². The highest BCUT2D eigenvalue weighted by Crippen LogP contribution is 2.54. The highest BCUT2D eigenvalue weighted by atomic mass is 32.2. The lowest BCUT2D eigenvalue weighted by atomic mass is 9.59. The zero-order valence-electron chi connectivity index (χ0n) is 28.6. The average molecular weight is 683 g/mol. The van der Waals surface area contributed by atoms with Gasteiger partial charge in [0.15, 0.2) is 0 Å². The standard InChI is InChI=1S/C37H42N6O5S/c1-23-8-6-9-24(2)33(23)30-13-32-41-35(40-30)42-49(45,46)29-11-7-10-25(12-29)34(44)43(28(20-48-32)16-36(3,4)5)19-31-38-17-27(18-39-31)26-14-37(15-26)21-47-22-37/h6-13,17-18,26,28H,14-16,19-22H2,1-5H3,(H,40,41,42)/t28-/m1/s1. The molecular formula is C37H42N6O5S. The average Bonchev–Trinajstić information content (AvgIpc) is 3.00. The second kappa shape index (κ2) is 12.5. The number of aryl methyl sites for hydroxylation is 2. The van der Waals surface area contributed by atoms with Crippen molar-refractivity contribution in [3.63, 3.8) is 0 Å². The first-order valence-corrected chi connectivity index (χ1v) is 18.2. The number of nitrogens with one attached hydrogen (secondary N) is 1. The molecule has 1 aliphatic carbocycles. The number of hydrogen-bond donors (Lipinski definition) is 1. The molecule has 2 aromatic carbocycles. The summed E-state index contributed by atoms with van der Waals surface area (Å²) in [4.78, 5) is 34.6. The number of fused-ring (bicyclic) bond motifs is 4. The smallest absolute Gasteiger partial charge is 0.264 e. The van der Waals surface area contributed by atoms with Crippen molar-refractivity contribution in [3.05, 3.63) is 89.0 Å². The number of benzene rings is 2. The molecule has 2 aliphatic heterocycles. The maximum absolute atomic E-state index is 14.4. The monoisotopic (exact) mass is 682 g/mol. The molecule has 4 heterocycles. The van der Waals surface area contributed by atoms with Gasteiger partial charge in [-0.3, -0.25) is 4.79 Å². The van der Waals surface area contributed by atoms with Crippen LogP contribution in [0.4, 0.5) is 5.95 Å². The third-order valence-corrected chi connectivity index (χ3v) is 11.0. The summed E-state index contributed by atoms with van der Waals surface area (Å²) in [7, 11) is -4.17. The first kappa shape index (κ1) is 33.1. The molecule has 1 spiro atoms. The molecule has 1 N–H and O–H groups in total. The summed E-state index contributed by atoms with van der Waals surface area (Å²) in [5, 5.41) is 0. The van der Waals surface area contributed by atoms with E-state index in [9.17, 15) is 13.2 Å². The fraction of sp³-hybridized carbons (Fsp3) is 0.432. The van der Waals surface area contributed by atoms with Crippen molar-refractivity contribution in [2.24, 2.45) is 10.8 Å². The summed E-state index contributed by atoms with van der Waals surface area (Å²) in [5.41, 5.74) is 4.80. The molecule has 12 heteroatoms. The van der Waals surface area contributed by atoms with Crippen LogP contribution in [0.2, 0.25) is 0 Å². The maximum Gasteiger partial charge on any atom is 0.264 e. The van der Waals surface area contributed by atoms with Crippen LogP contribution >= 0.6 is 0 Å². The Kier molecular flexibility index (Phi) is 8.43. The van der Waals surface area contributed by atoms with Crippen LogP contribution < -0.4 is 9.46 Å². The van der Waals surface area contributed by atoms with Crippen molar-refractivity contribution in [3.8, 4) is 17.1 Å². The van der Waals surface area contributed by atoms with Crippen LogP contribution in [0.5, 0.6) is 5.88 Å². The Bertz CT molecular complexity index is 1980. The third kappa shape index (κ3) is 6.89. The second-order valence-electron chi connectivity index (χ2n) is 15.0. The topological polar surface area (TPSA) is 136 Å². The normalized spacial score (nSPS) is 20.1. The Morgan fingerprint density at radius 2 is 1.67 bits per heavy atom. The number of carbonyl (C=O) groups is 1. The summed E-state index contributed by atoms with van der Waals surface area (Å²) >= 11 is 0. The lowest BCUT2D eigenvalue weighted by Gasteiger charge is -2.53. The number of ether oxygens (including phenoxy) is 2. The molecule has 4 bridgehead atoms. The van der Waals surface area contributed by atoms with Gasteiger partial charge in [-0.05, 0) is 79.3 Å². The van der Waals surface area contributed by atoms with Crippen molar-refractivity contribution in [1.29, 1.82) is 0 Å². The summed E-state index contributed by atoms with van der Waals surface area (Å²) < 4.78 is 41.7. The first-order valence-electron chi connectivity index (χ1n) is 16.7. The van der Waals surface area contributed by atoms with E-state index in [-0.39, 0.29) is 46.8 Å². The number of sulfonamides is 1. The molecule has 256 valence electrons. The molecule has 7 rings (SSSR count). The summed E-state index contributed by atoms with van der Waals surface area (Å²) in [6.07, 6.45) is 6.48. The van der Waals surface area contributed by atoms with Gasteiger partial charge in [-0.15, -0.1) is 0 Å². The van der Waals surface area contributed by atoms with Crippen LogP contribution in [0.3, 0.4) is 0 Å². The van der Waals surface area contributed by atoms with Gasteiger partial charge in [0.25, 0.3) is 15.9 Å². The lowest BCUT2D eigenvalue weighted by Crippen LogP contribution is -2.51. The molecule has 0 unspecified atom stereocenters. The summed E-state index contributed by atoms with van der Waals surface area (Å²) in [5.74, 6) is 0.635. The molecule has 2 aromatic heterocycles. The largest absolute Gasteiger partial charge is 0.475 e. The number of aromatic nitrogens is 4. The van der Waals surface area contributed by atoms with E-state index < -0.39 is 16.1 Å². The van der Waals surface area contributed by atoms with E-state index in [4.69, 9.17) is 19.4 Å². The van der Waals surface area contributed by atoms with Gasteiger partial charge >= 0.3 is 0 Å². The Labute approximate surface area is 287 Å². The number of nitrogens with zero attached hydrogens (tertiary/aromatic N) is 5. The van der Waals surface area contributed by atoms with Gasteiger partial charge in [0.05, 0.1) is 36.4 Å². The zero-order chi connectivity index (χ0) is 34.6. The quantitative estimate of drug-likeness (QED) is 0.265. The fourth-order valence-electron chi connectivity index (χ4n) is 7.20. The van der Waals surface area contributed by atoms with Gasteiger partial charge in [-0.2, -0.15) is 4.98 Å². The third-order valence-electron chi connectivity index (χ3n) is 9.71. The van der Waals surface area contributed by atoms with Crippen molar-refractivity contribution in [2.75, 3.05) is 24.5 Å². The van der Waals surface area contributed by atoms with Crippen molar-refractivity contribution < 1.29 is 22.7 Å². The second-order valence-corrected chi connectivity index (χ2v) is 16.7.